The first-order valence-corrected chi connectivity index (χ1v) is 7.05. The average Bonchev–Trinajstić information content (AvgIpc) is 2.15. The number of sulfonamides is 1. The molecule has 0 N–H and O–H groups in total. The lowest BCUT2D eigenvalue weighted by Gasteiger charge is -2.22. The van der Waals surface area contributed by atoms with E-state index in [0.29, 0.717) is 10.9 Å². The lowest BCUT2D eigenvalue weighted by molar-refractivity contribution is -0.135. The minimum Gasteiger partial charge on any atom is -0.381 e. The monoisotopic (exact) mass is 297 g/mol. The fourth-order valence-corrected chi connectivity index (χ4v) is 2.65. The zero-order chi connectivity index (χ0) is 13.5. The smallest absolute Gasteiger partial charge is 0.381 e. The van der Waals surface area contributed by atoms with Crippen LogP contribution in [0.25, 0.3) is 0 Å². The second-order valence-electron chi connectivity index (χ2n) is 3.15. The summed E-state index contributed by atoms with van der Waals surface area (Å²) in [5.74, 6) is -0.669. The Morgan fingerprint density at radius 1 is 1.35 bits per heavy atom. The van der Waals surface area contributed by atoms with E-state index >= 15 is 0 Å². The largest absolute Gasteiger partial charge is 0.402 e. The minimum atomic E-state index is -4.58. The van der Waals surface area contributed by atoms with Crippen molar-refractivity contribution in [3.8, 4) is 0 Å². The van der Waals surface area contributed by atoms with Crippen LogP contribution in [-0.4, -0.2) is 56.8 Å². The standard InChI is InChI=1S/C8H15ClF3NO3S/c1-2-16-5-6-17(14,15)13(4-3-9)7-8(10,11)12/h2-7H2,1H3. The van der Waals surface area contributed by atoms with Crippen LogP contribution in [0.5, 0.6) is 0 Å². The fourth-order valence-electron chi connectivity index (χ4n) is 1.05. The molecule has 0 aromatic carbocycles. The van der Waals surface area contributed by atoms with E-state index in [0.717, 1.165) is 0 Å². The van der Waals surface area contributed by atoms with Crippen LogP contribution in [0, 0.1) is 0 Å². The molecule has 104 valence electrons. The Bertz CT molecular complexity index is 308. The van der Waals surface area contributed by atoms with E-state index in [1.54, 1.807) is 6.92 Å². The molecule has 0 atom stereocenters. The fraction of sp³-hybridized carbons (Fsp3) is 1.00. The molecule has 0 rings (SSSR count). The highest BCUT2D eigenvalue weighted by Crippen LogP contribution is 2.18. The molecule has 0 amide bonds. The summed E-state index contributed by atoms with van der Waals surface area (Å²) in [6.45, 7) is -0.0393. The van der Waals surface area contributed by atoms with Crippen LogP contribution in [0.15, 0.2) is 0 Å². The molecule has 9 heteroatoms. The molecule has 0 aromatic heterocycles. The summed E-state index contributed by atoms with van der Waals surface area (Å²) in [6.07, 6.45) is -4.58. The Labute approximate surface area is 104 Å². The molecule has 0 aliphatic rings. The third-order valence-corrected chi connectivity index (χ3v) is 3.72. The van der Waals surface area contributed by atoms with Crippen LogP contribution in [0.1, 0.15) is 6.92 Å². The van der Waals surface area contributed by atoms with Gasteiger partial charge in [-0.3, -0.25) is 0 Å². The molecule has 0 unspecified atom stereocenters. The highest BCUT2D eigenvalue weighted by Gasteiger charge is 2.35. The van der Waals surface area contributed by atoms with Crippen molar-refractivity contribution in [1.82, 2.24) is 4.31 Å². The van der Waals surface area contributed by atoms with Gasteiger partial charge in [0.1, 0.15) is 6.54 Å². The van der Waals surface area contributed by atoms with Gasteiger partial charge >= 0.3 is 6.18 Å². The van der Waals surface area contributed by atoms with Crippen LogP contribution in [0.4, 0.5) is 13.2 Å². The number of nitrogens with zero attached hydrogens (tertiary/aromatic N) is 1. The quantitative estimate of drug-likeness (QED) is 0.503. The second-order valence-corrected chi connectivity index (χ2v) is 5.62. The predicted octanol–water partition coefficient (Wildman–Crippen LogP) is 1.46. The zero-order valence-electron chi connectivity index (χ0n) is 9.33. The van der Waals surface area contributed by atoms with Gasteiger partial charge in [0, 0.05) is 19.0 Å². The summed E-state index contributed by atoms with van der Waals surface area (Å²) in [6, 6.07) is 0. The van der Waals surface area contributed by atoms with Gasteiger partial charge in [0.05, 0.1) is 12.4 Å². The van der Waals surface area contributed by atoms with Gasteiger partial charge in [-0.05, 0) is 6.92 Å². The molecular formula is C8H15ClF3NO3S. The van der Waals surface area contributed by atoms with Gasteiger partial charge in [-0.15, -0.1) is 11.6 Å². The molecule has 0 saturated heterocycles. The number of hydrogen-bond donors (Lipinski definition) is 0. The maximum absolute atomic E-state index is 12.2. The van der Waals surface area contributed by atoms with Crippen molar-refractivity contribution < 1.29 is 26.3 Å². The summed E-state index contributed by atoms with van der Waals surface area (Å²) in [7, 11) is -3.99. The number of halogens is 4. The van der Waals surface area contributed by atoms with Gasteiger partial charge in [0.15, 0.2) is 0 Å². The maximum atomic E-state index is 12.2. The molecule has 0 aliphatic heterocycles. The minimum absolute atomic E-state index is 0.129. The van der Waals surface area contributed by atoms with Crippen molar-refractivity contribution in [2.45, 2.75) is 13.1 Å². The summed E-state index contributed by atoms with van der Waals surface area (Å²) in [5, 5.41) is 0. The second kappa shape index (κ2) is 7.40. The summed E-state index contributed by atoms with van der Waals surface area (Å²) < 4.78 is 64.8. The van der Waals surface area contributed by atoms with Crippen molar-refractivity contribution in [2.75, 3.05) is 37.9 Å². The van der Waals surface area contributed by atoms with Gasteiger partial charge in [0.25, 0.3) is 0 Å². The van der Waals surface area contributed by atoms with Crippen LogP contribution < -0.4 is 0 Å². The third-order valence-electron chi connectivity index (χ3n) is 1.77. The molecule has 17 heavy (non-hydrogen) atoms. The summed E-state index contributed by atoms with van der Waals surface area (Å²) in [5.41, 5.74) is 0. The van der Waals surface area contributed by atoms with Crippen molar-refractivity contribution in [3.63, 3.8) is 0 Å². The van der Waals surface area contributed by atoms with Gasteiger partial charge in [0.2, 0.25) is 10.0 Å². The molecule has 4 nitrogen and oxygen atoms in total. The lowest BCUT2D eigenvalue weighted by atomic mass is 10.6. The molecule has 0 bridgehead atoms. The van der Waals surface area contributed by atoms with Crippen LogP contribution in [0.2, 0.25) is 0 Å². The van der Waals surface area contributed by atoms with E-state index in [1.165, 1.54) is 0 Å². The van der Waals surface area contributed by atoms with E-state index in [1.807, 2.05) is 0 Å². The first-order valence-electron chi connectivity index (χ1n) is 4.91. The molecule has 0 radical (unpaired) electrons. The van der Waals surface area contributed by atoms with Gasteiger partial charge in [-0.25, -0.2) is 8.42 Å². The normalized spacial score (nSPS) is 13.3. The van der Waals surface area contributed by atoms with E-state index in [4.69, 9.17) is 16.3 Å². The van der Waals surface area contributed by atoms with E-state index < -0.39 is 28.5 Å². The van der Waals surface area contributed by atoms with Crippen LogP contribution >= 0.6 is 11.6 Å². The topological polar surface area (TPSA) is 46.6 Å². The lowest BCUT2D eigenvalue weighted by Crippen LogP contribution is -2.42. The average molecular weight is 298 g/mol. The van der Waals surface area contributed by atoms with Crippen molar-refractivity contribution in [1.29, 1.82) is 0 Å². The molecular weight excluding hydrogens is 283 g/mol. The molecule has 0 aromatic rings. The van der Waals surface area contributed by atoms with E-state index in [2.05, 4.69) is 0 Å². The summed E-state index contributed by atoms with van der Waals surface area (Å²) in [4.78, 5) is 0. The SMILES string of the molecule is CCOCCS(=O)(=O)N(CCCl)CC(F)(F)F. The van der Waals surface area contributed by atoms with Crippen LogP contribution in [-0.2, 0) is 14.8 Å². The van der Waals surface area contributed by atoms with Gasteiger partial charge < -0.3 is 4.74 Å². The highest BCUT2D eigenvalue weighted by atomic mass is 35.5. The molecule has 0 spiro atoms. The number of ether oxygens (including phenoxy) is 1. The number of rotatable bonds is 8. The predicted molar refractivity (Wildman–Crippen MR) is 58.6 cm³/mol. The molecule has 0 saturated carbocycles. The van der Waals surface area contributed by atoms with Crippen molar-refractivity contribution in [3.05, 3.63) is 0 Å². The zero-order valence-corrected chi connectivity index (χ0v) is 10.9. The van der Waals surface area contributed by atoms with Crippen molar-refractivity contribution >= 4 is 21.6 Å². The van der Waals surface area contributed by atoms with Crippen LogP contribution in [0.3, 0.4) is 0 Å². The Morgan fingerprint density at radius 2 is 1.94 bits per heavy atom. The third kappa shape index (κ3) is 7.80. The first kappa shape index (κ1) is 16.9. The number of alkyl halides is 4. The van der Waals surface area contributed by atoms with Gasteiger partial charge in [-0.1, -0.05) is 0 Å². The Kier molecular flexibility index (Phi) is 7.38. The first-order chi connectivity index (χ1) is 7.73. The molecule has 0 aliphatic carbocycles. The van der Waals surface area contributed by atoms with E-state index in [-0.39, 0.29) is 19.0 Å². The van der Waals surface area contributed by atoms with E-state index in [9.17, 15) is 21.6 Å². The summed E-state index contributed by atoms with van der Waals surface area (Å²) >= 11 is 5.29. The number of hydrogen-bond acceptors (Lipinski definition) is 3. The Hall–Kier alpha value is -0.0500. The molecule has 0 fully saturated rings. The van der Waals surface area contributed by atoms with Gasteiger partial charge in [-0.2, -0.15) is 17.5 Å². The maximum Gasteiger partial charge on any atom is 0.402 e. The Balaban J connectivity index is 4.56. The van der Waals surface area contributed by atoms with Crippen molar-refractivity contribution in [2.24, 2.45) is 0 Å². The molecule has 0 heterocycles. The highest BCUT2D eigenvalue weighted by molar-refractivity contribution is 7.89. The Morgan fingerprint density at radius 3 is 2.35 bits per heavy atom.